The number of piperazine rings is 1. The molecule has 2 atom stereocenters. The highest BCUT2D eigenvalue weighted by Crippen LogP contribution is 2.15. The average molecular weight is 276 g/mol. The van der Waals surface area contributed by atoms with Crippen LogP contribution in [0.25, 0.3) is 0 Å². The van der Waals surface area contributed by atoms with Crippen LogP contribution in [0, 0.1) is 0 Å². The summed E-state index contributed by atoms with van der Waals surface area (Å²) in [6.45, 7) is 12.1. The quantitative estimate of drug-likeness (QED) is 0.912. The molecule has 1 saturated heterocycles. The number of nitrogens with one attached hydrogen (secondary N) is 1. The van der Waals surface area contributed by atoms with Crippen molar-refractivity contribution in [1.82, 2.24) is 15.2 Å². The Kier molecular flexibility index (Phi) is 5.00. The van der Waals surface area contributed by atoms with Crippen molar-refractivity contribution in [3.8, 4) is 0 Å². The molecule has 0 aromatic carbocycles. The van der Waals surface area contributed by atoms with E-state index in [0.717, 1.165) is 25.5 Å². The van der Waals surface area contributed by atoms with Crippen LogP contribution in [0.3, 0.4) is 0 Å². The summed E-state index contributed by atoms with van der Waals surface area (Å²) in [7, 11) is 2.09. The summed E-state index contributed by atoms with van der Waals surface area (Å²) in [4.78, 5) is 9.32. The van der Waals surface area contributed by atoms with Gasteiger partial charge < -0.3 is 10.2 Å². The first kappa shape index (κ1) is 15.3. The predicted molar refractivity (Wildman–Crippen MR) is 85.1 cm³/mol. The van der Waals surface area contributed by atoms with Gasteiger partial charge in [-0.15, -0.1) is 0 Å². The fourth-order valence-electron chi connectivity index (χ4n) is 2.54. The molecule has 1 aliphatic heterocycles. The van der Waals surface area contributed by atoms with E-state index in [4.69, 9.17) is 0 Å². The van der Waals surface area contributed by atoms with Gasteiger partial charge in [0, 0.05) is 51.0 Å². The molecule has 4 nitrogen and oxygen atoms in total. The molecule has 1 aliphatic rings. The minimum Gasteiger partial charge on any atom is -0.357 e. The van der Waals surface area contributed by atoms with E-state index in [2.05, 4.69) is 67.0 Å². The van der Waals surface area contributed by atoms with Gasteiger partial charge in [0.2, 0.25) is 0 Å². The molecule has 0 radical (unpaired) electrons. The maximum Gasteiger partial charge on any atom is 0.128 e. The molecule has 112 valence electrons. The first-order valence-electron chi connectivity index (χ1n) is 7.62. The lowest BCUT2D eigenvalue weighted by Crippen LogP contribution is -2.53. The second-order valence-corrected chi connectivity index (χ2v) is 6.32. The monoisotopic (exact) mass is 276 g/mol. The third-order valence-electron chi connectivity index (χ3n) is 4.22. The lowest BCUT2D eigenvalue weighted by atomic mass is 10.1. The molecule has 1 aromatic rings. The summed E-state index contributed by atoms with van der Waals surface area (Å²) in [5.41, 5.74) is 1.30. The van der Waals surface area contributed by atoms with Gasteiger partial charge in [0.25, 0.3) is 0 Å². The molecule has 4 heteroatoms. The minimum atomic E-state index is 0.474. The highest BCUT2D eigenvalue weighted by molar-refractivity contribution is 5.39. The second-order valence-electron chi connectivity index (χ2n) is 6.32. The van der Waals surface area contributed by atoms with Crippen LogP contribution in [0.4, 0.5) is 5.82 Å². The molecule has 1 N–H and O–H groups in total. The highest BCUT2D eigenvalue weighted by Gasteiger charge is 2.22. The van der Waals surface area contributed by atoms with Crippen molar-refractivity contribution in [2.24, 2.45) is 0 Å². The Balaban J connectivity index is 1.99. The molecule has 0 aliphatic carbocycles. The van der Waals surface area contributed by atoms with Crippen LogP contribution < -0.4 is 10.2 Å². The van der Waals surface area contributed by atoms with Gasteiger partial charge in [0.15, 0.2) is 0 Å². The first-order valence-corrected chi connectivity index (χ1v) is 7.62. The van der Waals surface area contributed by atoms with E-state index >= 15 is 0 Å². The number of hydrogen-bond donors (Lipinski definition) is 1. The number of rotatable bonds is 4. The number of nitrogens with zero attached hydrogens (tertiary/aromatic N) is 3. The van der Waals surface area contributed by atoms with Crippen LogP contribution in [-0.2, 0) is 6.54 Å². The van der Waals surface area contributed by atoms with Gasteiger partial charge in [-0.25, -0.2) is 4.98 Å². The van der Waals surface area contributed by atoms with E-state index in [9.17, 15) is 0 Å². The maximum atomic E-state index is 4.59. The Morgan fingerprint density at radius 1 is 1.40 bits per heavy atom. The molecule has 0 bridgehead atoms. The number of pyridine rings is 1. The topological polar surface area (TPSA) is 31.4 Å². The van der Waals surface area contributed by atoms with Crippen LogP contribution in [0.1, 0.15) is 33.3 Å². The fraction of sp³-hybridized carbons (Fsp3) is 0.688. The zero-order valence-electron chi connectivity index (χ0n) is 13.4. The molecule has 0 saturated carbocycles. The normalized spacial score (nSPS) is 24.1. The van der Waals surface area contributed by atoms with Gasteiger partial charge in [0.05, 0.1) is 0 Å². The Morgan fingerprint density at radius 3 is 2.75 bits per heavy atom. The van der Waals surface area contributed by atoms with E-state index in [1.165, 1.54) is 5.56 Å². The lowest BCUT2D eigenvalue weighted by molar-refractivity contribution is 0.138. The molecule has 1 aromatic heterocycles. The molecule has 2 rings (SSSR count). The van der Waals surface area contributed by atoms with Crippen LogP contribution in [0.2, 0.25) is 0 Å². The van der Waals surface area contributed by atoms with E-state index < -0.39 is 0 Å². The van der Waals surface area contributed by atoms with Crippen molar-refractivity contribution in [2.75, 3.05) is 25.0 Å². The first-order chi connectivity index (χ1) is 9.47. The Hall–Kier alpha value is -1.13. The summed E-state index contributed by atoms with van der Waals surface area (Å²) < 4.78 is 0. The van der Waals surface area contributed by atoms with Gasteiger partial charge in [-0.3, -0.25) is 4.90 Å². The molecule has 1 fully saturated rings. The SMILES string of the molecule is CC1CN(Cc2ccc(N(C)C(C)C)nc2)C(C)CN1. The molecule has 20 heavy (non-hydrogen) atoms. The lowest BCUT2D eigenvalue weighted by Gasteiger charge is -2.37. The summed E-state index contributed by atoms with van der Waals surface area (Å²) in [6.07, 6.45) is 2.02. The Bertz CT molecular complexity index is 415. The predicted octanol–water partition coefficient (Wildman–Crippen LogP) is 2.11. The van der Waals surface area contributed by atoms with Crippen molar-refractivity contribution >= 4 is 5.82 Å². The van der Waals surface area contributed by atoms with E-state index in [0.29, 0.717) is 18.1 Å². The summed E-state index contributed by atoms with van der Waals surface area (Å²) in [6, 6.07) is 5.98. The Morgan fingerprint density at radius 2 is 2.15 bits per heavy atom. The summed E-state index contributed by atoms with van der Waals surface area (Å²) >= 11 is 0. The number of aromatic nitrogens is 1. The van der Waals surface area contributed by atoms with Gasteiger partial charge in [-0.1, -0.05) is 6.07 Å². The van der Waals surface area contributed by atoms with Crippen molar-refractivity contribution < 1.29 is 0 Å². The second kappa shape index (κ2) is 6.55. The van der Waals surface area contributed by atoms with Gasteiger partial charge in [0.1, 0.15) is 5.82 Å². The molecular formula is C16H28N4. The summed E-state index contributed by atoms with van der Waals surface area (Å²) in [5.74, 6) is 1.05. The number of hydrogen-bond acceptors (Lipinski definition) is 4. The minimum absolute atomic E-state index is 0.474. The molecule has 2 heterocycles. The third kappa shape index (κ3) is 3.70. The molecule has 0 spiro atoms. The van der Waals surface area contributed by atoms with Crippen LogP contribution in [0.15, 0.2) is 18.3 Å². The largest absolute Gasteiger partial charge is 0.357 e. The zero-order chi connectivity index (χ0) is 14.7. The molecule has 2 unspecified atom stereocenters. The van der Waals surface area contributed by atoms with Crippen molar-refractivity contribution in [3.05, 3.63) is 23.9 Å². The van der Waals surface area contributed by atoms with Crippen LogP contribution >= 0.6 is 0 Å². The van der Waals surface area contributed by atoms with Gasteiger partial charge in [-0.05, 0) is 39.3 Å². The third-order valence-corrected chi connectivity index (χ3v) is 4.22. The Labute approximate surface area is 123 Å². The maximum absolute atomic E-state index is 4.59. The van der Waals surface area contributed by atoms with Crippen molar-refractivity contribution in [2.45, 2.75) is 52.4 Å². The number of anilines is 1. The van der Waals surface area contributed by atoms with Gasteiger partial charge >= 0.3 is 0 Å². The highest BCUT2D eigenvalue weighted by atomic mass is 15.2. The van der Waals surface area contributed by atoms with Crippen molar-refractivity contribution in [1.29, 1.82) is 0 Å². The van der Waals surface area contributed by atoms with Crippen LogP contribution in [-0.4, -0.2) is 48.1 Å². The van der Waals surface area contributed by atoms with Crippen LogP contribution in [0.5, 0.6) is 0 Å². The zero-order valence-corrected chi connectivity index (χ0v) is 13.4. The smallest absolute Gasteiger partial charge is 0.128 e. The molecule has 0 amide bonds. The summed E-state index contributed by atoms with van der Waals surface area (Å²) in [5, 5.41) is 3.52. The van der Waals surface area contributed by atoms with Gasteiger partial charge in [-0.2, -0.15) is 0 Å². The fourth-order valence-corrected chi connectivity index (χ4v) is 2.54. The van der Waals surface area contributed by atoms with Crippen molar-refractivity contribution in [3.63, 3.8) is 0 Å². The average Bonchev–Trinajstić information content (AvgIpc) is 2.43. The van der Waals surface area contributed by atoms with E-state index in [-0.39, 0.29) is 0 Å². The van der Waals surface area contributed by atoms with E-state index in [1.54, 1.807) is 0 Å². The van der Waals surface area contributed by atoms with E-state index in [1.807, 2.05) is 6.20 Å². The standard InChI is InChI=1S/C16H28N4/c1-12(2)19(5)16-7-6-15(9-18-16)11-20-10-13(3)17-8-14(20)4/h6-7,9,12-14,17H,8,10-11H2,1-5H3. The molecular weight excluding hydrogens is 248 g/mol.